The lowest BCUT2D eigenvalue weighted by Gasteiger charge is -2.02. The second-order valence-corrected chi connectivity index (χ2v) is 3.43. The molecule has 0 amide bonds. The van der Waals surface area contributed by atoms with E-state index in [1.165, 1.54) is 17.5 Å². The monoisotopic (exact) mass is 196 g/mol. The molecule has 2 rings (SSSR count). The molecule has 0 radical (unpaired) electrons. The first-order valence-corrected chi connectivity index (χ1v) is 4.62. The van der Waals surface area contributed by atoms with E-state index in [0.717, 1.165) is 12.8 Å². The zero-order valence-corrected chi connectivity index (χ0v) is 7.80. The third-order valence-electron chi connectivity index (χ3n) is 2.27. The second kappa shape index (κ2) is 3.38. The van der Waals surface area contributed by atoms with Gasteiger partial charge < -0.3 is 4.74 Å². The summed E-state index contributed by atoms with van der Waals surface area (Å²) in [4.78, 5) is 10.5. The zero-order chi connectivity index (χ0) is 9.26. The number of hydrogen-bond donors (Lipinski definition) is 0. The van der Waals surface area contributed by atoms with Crippen LogP contribution in [0.5, 0.6) is 5.75 Å². The Kier molecular flexibility index (Phi) is 2.23. The standard InChI is InChI=1S/C10H9ClO2/c11-10(12)13-9-5-4-7-2-1-3-8(7)6-9/h4-6H,1-3H2. The highest BCUT2D eigenvalue weighted by atomic mass is 35.5. The van der Waals surface area contributed by atoms with Gasteiger partial charge in [-0.25, -0.2) is 4.79 Å². The van der Waals surface area contributed by atoms with Crippen molar-refractivity contribution < 1.29 is 9.53 Å². The van der Waals surface area contributed by atoms with Gasteiger partial charge in [0.05, 0.1) is 0 Å². The number of hydrogen-bond acceptors (Lipinski definition) is 2. The largest absolute Gasteiger partial charge is 0.414 e. The van der Waals surface area contributed by atoms with E-state index in [9.17, 15) is 4.79 Å². The Bertz CT molecular complexity index is 347. The van der Waals surface area contributed by atoms with E-state index >= 15 is 0 Å². The van der Waals surface area contributed by atoms with Gasteiger partial charge in [-0.3, -0.25) is 0 Å². The SMILES string of the molecule is O=C(Cl)Oc1ccc2c(c1)CCC2. The minimum absolute atomic E-state index is 0.542. The summed E-state index contributed by atoms with van der Waals surface area (Å²) in [6, 6.07) is 5.67. The lowest BCUT2D eigenvalue weighted by molar-refractivity contribution is 0.225. The van der Waals surface area contributed by atoms with Crippen molar-refractivity contribution >= 4 is 17.0 Å². The van der Waals surface area contributed by atoms with Crippen molar-refractivity contribution in [3.8, 4) is 5.75 Å². The highest BCUT2D eigenvalue weighted by molar-refractivity contribution is 6.61. The van der Waals surface area contributed by atoms with E-state index in [1.54, 1.807) is 6.07 Å². The molecule has 0 saturated heterocycles. The first-order chi connectivity index (χ1) is 6.25. The normalized spacial score (nSPS) is 13.9. The van der Waals surface area contributed by atoms with Crippen molar-refractivity contribution in [1.29, 1.82) is 0 Å². The molecule has 0 fully saturated rings. The van der Waals surface area contributed by atoms with Gasteiger partial charge in [-0.05, 0) is 42.5 Å². The van der Waals surface area contributed by atoms with E-state index < -0.39 is 5.43 Å². The summed E-state index contributed by atoms with van der Waals surface area (Å²) in [6.45, 7) is 0. The maximum atomic E-state index is 10.5. The van der Waals surface area contributed by atoms with E-state index in [4.69, 9.17) is 16.3 Å². The first-order valence-electron chi connectivity index (χ1n) is 4.25. The van der Waals surface area contributed by atoms with Crippen LogP contribution in [0.2, 0.25) is 0 Å². The Balaban J connectivity index is 2.25. The minimum Gasteiger partial charge on any atom is -0.414 e. The number of rotatable bonds is 1. The molecule has 0 aromatic heterocycles. The number of carbonyl (C=O) groups is 1. The molecule has 1 aliphatic carbocycles. The van der Waals surface area contributed by atoms with Crippen molar-refractivity contribution in [2.45, 2.75) is 19.3 Å². The van der Waals surface area contributed by atoms with E-state index in [-0.39, 0.29) is 0 Å². The van der Waals surface area contributed by atoms with Crippen molar-refractivity contribution in [3.63, 3.8) is 0 Å². The number of carbonyl (C=O) groups excluding carboxylic acids is 1. The lowest BCUT2D eigenvalue weighted by atomic mass is 10.1. The van der Waals surface area contributed by atoms with Crippen molar-refractivity contribution in [1.82, 2.24) is 0 Å². The fourth-order valence-corrected chi connectivity index (χ4v) is 1.79. The summed E-state index contributed by atoms with van der Waals surface area (Å²) in [6.07, 6.45) is 3.39. The van der Waals surface area contributed by atoms with Gasteiger partial charge in [0, 0.05) is 11.6 Å². The van der Waals surface area contributed by atoms with Crippen LogP contribution in [0.3, 0.4) is 0 Å². The lowest BCUT2D eigenvalue weighted by Crippen LogP contribution is -1.96. The highest BCUT2D eigenvalue weighted by Gasteiger charge is 2.11. The Labute approximate surface area is 81.5 Å². The molecule has 2 nitrogen and oxygen atoms in total. The van der Waals surface area contributed by atoms with E-state index in [2.05, 4.69) is 0 Å². The van der Waals surface area contributed by atoms with Crippen molar-refractivity contribution in [2.75, 3.05) is 0 Å². The Morgan fingerprint density at radius 1 is 1.31 bits per heavy atom. The number of aryl methyl sites for hydroxylation is 2. The topological polar surface area (TPSA) is 26.3 Å². The molecule has 0 unspecified atom stereocenters. The molecule has 0 saturated carbocycles. The van der Waals surface area contributed by atoms with Gasteiger partial charge in [0.15, 0.2) is 0 Å². The van der Waals surface area contributed by atoms with E-state index in [0.29, 0.717) is 5.75 Å². The fourth-order valence-electron chi connectivity index (χ4n) is 1.70. The molecule has 0 bridgehead atoms. The third-order valence-corrected chi connectivity index (χ3v) is 2.35. The number of halogens is 1. The Morgan fingerprint density at radius 2 is 2.08 bits per heavy atom. The molecule has 0 atom stereocenters. The molecular formula is C10H9ClO2. The molecular weight excluding hydrogens is 188 g/mol. The van der Waals surface area contributed by atoms with Crippen LogP contribution in [0.15, 0.2) is 18.2 Å². The van der Waals surface area contributed by atoms with Crippen molar-refractivity contribution in [2.24, 2.45) is 0 Å². The molecule has 1 aliphatic rings. The quantitative estimate of drug-likeness (QED) is 0.646. The summed E-state index contributed by atoms with van der Waals surface area (Å²) in [5.41, 5.74) is 1.85. The summed E-state index contributed by atoms with van der Waals surface area (Å²) in [7, 11) is 0. The van der Waals surface area contributed by atoms with Crippen LogP contribution in [0.4, 0.5) is 4.79 Å². The molecule has 13 heavy (non-hydrogen) atoms. The number of fused-ring (bicyclic) bond motifs is 1. The average molecular weight is 197 g/mol. The third kappa shape index (κ3) is 1.83. The number of ether oxygens (including phenoxy) is 1. The molecule has 0 N–H and O–H groups in total. The maximum Gasteiger partial charge on any atom is 0.409 e. The van der Waals surface area contributed by atoms with Gasteiger partial charge in [0.25, 0.3) is 0 Å². The predicted octanol–water partition coefficient (Wildman–Crippen LogP) is 2.91. The van der Waals surface area contributed by atoms with Gasteiger partial charge in [-0.15, -0.1) is 0 Å². The Morgan fingerprint density at radius 3 is 2.85 bits per heavy atom. The van der Waals surface area contributed by atoms with Gasteiger partial charge in [0.2, 0.25) is 0 Å². The molecule has 1 aromatic rings. The van der Waals surface area contributed by atoms with E-state index in [1.807, 2.05) is 12.1 Å². The predicted molar refractivity (Wildman–Crippen MR) is 50.3 cm³/mol. The van der Waals surface area contributed by atoms with Crippen LogP contribution in [0, 0.1) is 0 Å². The van der Waals surface area contributed by atoms with Crippen LogP contribution in [0.25, 0.3) is 0 Å². The smallest absolute Gasteiger partial charge is 0.409 e. The molecule has 0 spiro atoms. The van der Waals surface area contributed by atoms with Gasteiger partial charge in [-0.1, -0.05) is 6.07 Å². The highest BCUT2D eigenvalue weighted by Crippen LogP contribution is 2.26. The fraction of sp³-hybridized carbons (Fsp3) is 0.300. The van der Waals surface area contributed by atoms with Gasteiger partial charge >= 0.3 is 5.43 Å². The summed E-state index contributed by atoms with van der Waals surface area (Å²) >= 11 is 5.10. The molecule has 0 heterocycles. The van der Waals surface area contributed by atoms with Crippen LogP contribution >= 0.6 is 11.6 Å². The molecule has 68 valence electrons. The summed E-state index contributed by atoms with van der Waals surface area (Å²) in [5, 5.41) is 0. The van der Waals surface area contributed by atoms with Gasteiger partial charge in [0.1, 0.15) is 5.75 Å². The van der Waals surface area contributed by atoms with Crippen LogP contribution in [-0.2, 0) is 12.8 Å². The second-order valence-electron chi connectivity index (χ2n) is 3.12. The molecule has 0 aliphatic heterocycles. The summed E-state index contributed by atoms with van der Waals surface area (Å²) in [5.74, 6) is 0.542. The van der Waals surface area contributed by atoms with Crippen LogP contribution in [-0.4, -0.2) is 5.43 Å². The average Bonchev–Trinajstić information content (AvgIpc) is 2.49. The molecule has 1 aromatic carbocycles. The van der Waals surface area contributed by atoms with Crippen LogP contribution < -0.4 is 4.74 Å². The first kappa shape index (κ1) is 8.57. The summed E-state index contributed by atoms with van der Waals surface area (Å²) < 4.78 is 4.77. The Hall–Kier alpha value is -1.02. The number of benzene rings is 1. The van der Waals surface area contributed by atoms with Crippen molar-refractivity contribution in [3.05, 3.63) is 29.3 Å². The molecule has 3 heteroatoms. The van der Waals surface area contributed by atoms with Gasteiger partial charge in [-0.2, -0.15) is 0 Å². The van der Waals surface area contributed by atoms with Crippen LogP contribution in [0.1, 0.15) is 17.5 Å². The zero-order valence-electron chi connectivity index (χ0n) is 7.05. The minimum atomic E-state index is -0.780. The maximum absolute atomic E-state index is 10.5.